The molecule has 0 heterocycles. The quantitative estimate of drug-likeness (QED) is 0.637. The summed E-state index contributed by atoms with van der Waals surface area (Å²) in [4.78, 5) is 9.68. The van der Waals surface area contributed by atoms with E-state index in [0.717, 1.165) is 0 Å². The number of halogens is 4. The van der Waals surface area contributed by atoms with E-state index in [0.29, 0.717) is 7.11 Å². The summed E-state index contributed by atoms with van der Waals surface area (Å²) in [6.07, 6.45) is -5.56. The zero-order valence-corrected chi connectivity index (χ0v) is 5.28. The predicted molar refractivity (Wildman–Crippen MR) is 24.5 cm³/mol. The molecule has 7 heteroatoms. The van der Waals surface area contributed by atoms with E-state index in [1.54, 1.807) is 0 Å². The molecule has 3 nitrogen and oxygen atoms in total. The van der Waals surface area contributed by atoms with Crippen molar-refractivity contribution in [2.24, 2.45) is 0 Å². The number of alkyl halides is 4. The van der Waals surface area contributed by atoms with Gasteiger partial charge in [-0.3, -0.25) is 0 Å². The third-order valence-corrected chi connectivity index (χ3v) is 0.921. The van der Waals surface area contributed by atoms with Crippen LogP contribution in [0.2, 0.25) is 0 Å². The molecule has 0 aliphatic carbocycles. The van der Waals surface area contributed by atoms with E-state index in [9.17, 15) is 22.4 Å². The Bertz CT molecular complexity index is 165. The molecule has 0 rings (SSSR count). The maximum absolute atomic E-state index is 12.2. The van der Waals surface area contributed by atoms with Crippen LogP contribution in [0.1, 0.15) is 0 Å². The second kappa shape index (κ2) is 2.65. The number of carbonyl (C=O) groups is 1. The van der Waals surface area contributed by atoms with Gasteiger partial charge >= 0.3 is 18.0 Å². The topological polar surface area (TPSA) is 46.5 Å². The third kappa shape index (κ3) is 1.59. The van der Waals surface area contributed by atoms with Crippen molar-refractivity contribution in [3.63, 3.8) is 0 Å². The van der Waals surface area contributed by atoms with Crippen molar-refractivity contribution in [2.75, 3.05) is 7.11 Å². The Morgan fingerprint density at radius 2 is 1.73 bits per heavy atom. The van der Waals surface area contributed by atoms with Crippen LogP contribution < -0.4 is 0 Å². The maximum Gasteiger partial charge on any atom is 0.460 e. The maximum atomic E-state index is 12.2. The van der Waals surface area contributed by atoms with E-state index in [2.05, 4.69) is 4.74 Å². The lowest BCUT2D eigenvalue weighted by Crippen LogP contribution is -2.49. The molecule has 0 aromatic rings. The Balaban J connectivity index is 4.75. The van der Waals surface area contributed by atoms with Crippen LogP contribution in [-0.4, -0.2) is 30.2 Å². The van der Waals surface area contributed by atoms with E-state index >= 15 is 0 Å². The highest BCUT2D eigenvalue weighted by Gasteiger charge is 2.63. The van der Waals surface area contributed by atoms with Crippen molar-refractivity contribution in [2.45, 2.75) is 12.0 Å². The number of aliphatic carboxylic acids is 1. The van der Waals surface area contributed by atoms with Crippen LogP contribution in [0.3, 0.4) is 0 Å². The molecule has 11 heavy (non-hydrogen) atoms. The van der Waals surface area contributed by atoms with Crippen LogP contribution >= 0.6 is 0 Å². The fraction of sp³-hybridized carbons (Fsp3) is 0.750. The second-order valence-corrected chi connectivity index (χ2v) is 1.60. The zero-order chi connectivity index (χ0) is 9.28. The first-order chi connectivity index (χ1) is 4.75. The fourth-order valence-corrected chi connectivity index (χ4v) is 0.324. The summed E-state index contributed by atoms with van der Waals surface area (Å²) >= 11 is 0. The molecule has 1 atom stereocenters. The largest absolute Gasteiger partial charge is 0.477 e. The molecule has 1 N–H and O–H groups in total. The Hall–Kier alpha value is -0.850. The summed E-state index contributed by atoms with van der Waals surface area (Å²) in [6, 6.07) is 0. The molecule has 0 radical (unpaired) electrons. The minimum Gasteiger partial charge on any atom is -0.477 e. The van der Waals surface area contributed by atoms with Crippen molar-refractivity contribution in [1.29, 1.82) is 0 Å². The fourth-order valence-electron chi connectivity index (χ4n) is 0.324. The van der Waals surface area contributed by atoms with Gasteiger partial charge in [0.25, 0.3) is 0 Å². The molecule has 66 valence electrons. The van der Waals surface area contributed by atoms with Crippen molar-refractivity contribution >= 4 is 5.97 Å². The third-order valence-electron chi connectivity index (χ3n) is 0.921. The van der Waals surface area contributed by atoms with Crippen LogP contribution in [0.15, 0.2) is 0 Å². The number of hydrogen-bond donors (Lipinski definition) is 1. The van der Waals surface area contributed by atoms with Crippen molar-refractivity contribution < 1.29 is 32.2 Å². The number of rotatable bonds is 2. The van der Waals surface area contributed by atoms with Crippen LogP contribution in [-0.2, 0) is 9.53 Å². The molecule has 0 aliphatic heterocycles. The van der Waals surface area contributed by atoms with Crippen molar-refractivity contribution in [1.82, 2.24) is 0 Å². The van der Waals surface area contributed by atoms with Gasteiger partial charge in [0.2, 0.25) is 0 Å². The molecule has 1 unspecified atom stereocenters. The van der Waals surface area contributed by atoms with Crippen molar-refractivity contribution in [3.8, 4) is 0 Å². The average molecular weight is 176 g/mol. The highest BCUT2D eigenvalue weighted by molar-refractivity contribution is 5.76. The van der Waals surface area contributed by atoms with Gasteiger partial charge in [-0.05, 0) is 0 Å². The van der Waals surface area contributed by atoms with Crippen LogP contribution in [0.5, 0.6) is 0 Å². The summed E-state index contributed by atoms with van der Waals surface area (Å²) < 4.78 is 49.8. The van der Waals surface area contributed by atoms with Gasteiger partial charge in [-0.2, -0.15) is 17.6 Å². The molecule has 0 saturated heterocycles. The van der Waals surface area contributed by atoms with Crippen LogP contribution in [0, 0.1) is 0 Å². The molecule has 0 spiro atoms. The van der Waals surface area contributed by atoms with Gasteiger partial charge < -0.3 is 9.84 Å². The minimum atomic E-state index is -5.56. The molecule has 0 amide bonds. The van der Waals surface area contributed by atoms with E-state index in [-0.39, 0.29) is 0 Å². The predicted octanol–water partition coefficient (Wildman–Crippen LogP) is 0.946. The zero-order valence-electron chi connectivity index (χ0n) is 5.28. The van der Waals surface area contributed by atoms with E-state index < -0.39 is 18.0 Å². The molecule has 0 aromatic carbocycles. The first-order valence-corrected chi connectivity index (χ1v) is 2.30. The Morgan fingerprint density at radius 1 is 1.36 bits per heavy atom. The monoisotopic (exact) mass is 176 g/mol. The summed E-state index contributed by atoms with van der Waals surface area (Å²) in [6.45, 7) is 0. The van der Waals surface area contributed by atoms with Gasteiger partial charge in [-0.1, -0.05) is 0 Å². The molecule has 0 saturated carbocycles. The standard InChI is InChI=1S/C4H4F4O3/c1-11-3(5,2(9)10)4(6,7)8/h1H3,(H,9,10). The summed E-state index contributed by atoms with van der Waals surface area (Å²) in [5, 5.41) is 7.75. The van der Waals surface area contributed by atoms with Gasteiger partial charge in [0, 0.05) is 7.11 Å². The van der Waals surface area contributed by atoms with Gasteiger partial charge in [0.1, 0.15) is 0 Å². The highest BCUT2D eigenvalue weighted by atomic mass is 19.4. The number of methoxy groups -OCH3 is 1. The first-order valence-electron chi connectivity index (χ1n) is 2.30. The lowest BCUT2D eigenvalue weighted by molar-refractivity contribution is -0.314. The van der Waals surface area contributed by atoms with E-state index in [1.807, 2.05) is 0 Å². The van der Waals surface area contributed by atoms with Crippen molar-refractivity contribution in [3.05, 3.63) is 0 Å². The van der Waals surface area contributed by atoms with Gasteiger partial charge in [0.05, 0.1) is 0 Å². The van der Waals surface area contributed by atoms with Gasteiger partial charge in [-0.25, -0.2) is 4.79 Å². The molecule has 0 aliphatic rings. The molecule has 0 fully saturated rings. The van der Waals surface area contributed by atoms with Crippen LogP contribution in [0.25, 0.3) is 0 Å². The Kier molecular flexibility index (Phi) is 2.44. The van der Waals surface area contributed by atoms with Gasteiger partial charge in [0.15, 0.2) is 0 Å². The lowest BCUT2D eigenvalue weighted by Gasteiger charge is -2.20. The number of carboxylic acids is 1. The first kappa shape index (κ1) is 10.2. The molecule has 0 bridgehead atoms. The van der Waals surface area contributed by atoms with Crippen LogP contribution in [0.4, 0.5) is 17.6 Å². The Labute approximate surface area is 58.6 Å². The summed E-state index contributed by atoms with van der Waals surface area (Å²) in [7, 11) is 0.321. The molecule has 0 aromatic heterocycles. The summed E-state index contributed by atoms with van der Waals surface area (Å²) in [5.74, 6) is -7.32. The minimum absolute atomic E-state index is 0.321. The van der Waals surface area contributed by atoms with Gasteiger partial charge in [-0.15, -0.1) is 0 Å². The summed E-state index contributed by atoms with van der Waals surface area (Å²) in [5.41, 5.74) is 0. The SMILES string of the molecule is COC(F)(C(=O)O)C(F)(F)F. The number of hydrogen-bond acceptors (Lipinski definition) is 2. The molecular formula is C4H4F4O3. The highest BCUT2D eigenvalue weighted by Crippen LogP contribution is 2.34. The number of ether oxygens (including phenoxy) is 1. The number of carboxylic acid groups (broad SMARTS) is 1. The lowest BCUT2D eigenvalue weighted by atomic mass is 10.3. The molecular weight excluding hydrogens is 172 g/mol. The smallest absolute Gasteiger partial charge is 0.460 e. The average Bonchev–Trinajstić information content (AvgIpc) is 1.83. The van der Waals surface area contributed by atoms with E-state index in [1.165, 1.54) is 0 Å². The normalized spacial score (nSPS) is 17.5. The Morgan fingerprint density at radius 3 is 1.73 bits per heavy atom. The van der Waals surface area contributed by atoms with E-state index in [4.69, 9.17) is 5.11 Å². The second-order valence-electron chi connectivity index (χ2n) is 1.60.